The lowest BCUT2D eigenvalue weighted by atomic mass is 10.1. The van der Waals surface area contributed by atoms with Gasteiger partial charge in [-0.25, -0.2) is 0 Å². The van der Waals surface area contributed by atoms with Crippen LogP contribution in [0.2, 0.25) is 0 Å². The molecule has 1 aromatic carbocycles. The molecule has 0 atom stereocenters. The molecule has 1 aliphatic heterocycles. The highest BCUT2D eigenvalue weighted by Gasteiger charge is 2.09. The monoisotopic (exact) mass is 288 g/mol. The largest absolute Gasteiger partial charge is 0.356 e. The van der Waals surface area contributed by atoms with Gasteiger partial charge in [0.1, 0.15) is 0 Å². The van der Waals surface area contributed by atoms with E-state index in [4.69, 9.17) is 0 Å². The van der Waals surface area contributed by atoms with Gasteiger partial charge in [0.25, 0.3) is 0 Å². The lowest BCUT2D eigenvalue weighted by molar-refractivity contribution is 0.232. The van der Waals surface area contributed by atoms with Gasteiger partial charge in [0, 0.05) is 26.7 Å². The van der Waals surface area contributed by atoms with E-state index in [0.29, 0.717) is 0 Å². The molecule has 1 fully saturated rings. The van der Waals surface area contributed by atoms with Crippen LogP contribution in [0.25, 0.3) is 0 Å². The molecule has 1 aromatic rings. The summed E-state index contributed by atoms with van der Waals surface area (Å²) in [5, 5.41) is 6.78. The first kappa shape index (κ1) is 15.8. The van der Waals surface area contributed by atoms with E-state index in [1.807, 2.05) is 7.05 Å². The lowest BCUT2D eigenvalue weighted by Gasteiger charge is -2.26. The van der Waals surface area contributed by atoms with Crippen LogP contribution in [-0.4, -0.2) is 50.6 Å². The van der Waals surface area contributed by atoms with E-state index in [0.717, 1.165) is 32.0 Å². The molecule has 0 unspecified atom stereocenters. The van der Waals surface area contributed by atoms with Gasteiger partial charge in [-0.2, -0.15) is 0 Å². The van der Waals surface area contributed by atoms with Gasteiger partial charge < -0.3 is 15.5 Å². The van der Waals surface area contributed by atoms with Gasteiger partial charge in [0.05, 0.1) is 0 Å². The number of hydrogen-bond donors (Lipinski definition) is 2. The van der Waals surface area contributed by atoms with E-state index < -0.39 is 0 Å². The molecule has 0 amide bonds. The van der Waals surface area contributed by atoms with Crippen LogP contribution in [0, 0.1) is 0 Å². The predicted molar refractivity (Wildman–Crippen MR) is 89.8 cm³/mol. The molecule has 1 saturated heterocycles. The average molecular weight is 288 g/mol. The molecule has 0 bridgehead atoms. The van der Waals surface area contributed by atoms with Crippen LogP contribution >= 0.6 is 0 Å². The van der Waals surface area contributed by atoms with Crippen molar-refractivity contribution in [3.05, 3.63) is 35.9 Å². The van der Waals surface area contributed by atoms with Crippen LogP contribution in [0.3, 0.4) is 0 Å². The average Bonchev–Trinajstić information content (AvgIpc) is 2.55. The highest BCUT2D eigenvalue weighted by Crippen LogP contribution is 2.07. The fraction of sp³-hybridized carbons (Fsp3) is 0.588. The normalized spacial score (nSPS) is 16.7. The number of hydrogen-bond acceptors (Lipinski definition) is 2. The van der Waals surface area contributed by atoms with Crippen LogP contribution in [-0.2, 0) is 6.42 Å². The number of rotatable bonds is 6. The zero-order chi connectivity index (χ0) is 14.8. The van der Waals surface area contributed by atoms with Crippen molar-refractivity contribution in [1.29, 1.82) is 0 Å². The number of guanidine groups is 1. The first-order chi connectivity index (χ1) is 10.4. The molecule has 2 N–H and O–H groups in total. The van der Waals surface area contributed by atoms with Crippen molar-refractivity contribution in [2.75, 3.05) is 39.8 Å². The molecule has 0 radical (unpaired) electrons. The lowest BCUT2D eigenvalue weighted by Crippen LogP contribution is -2.43. The van der Waals surface area contributed by atoms with Crippen molar-refractivity contribution in [3.63, 3.8) is 0 Å². The molecule has 116 valence electrons. The third-order valence-electron chi connectivity index (χ3n) is 3.94. The number of nitrogens with one attached hydrogen (secondary N) is 2. The minimum absolute atomic E-state index is 0.906. The first-order valence-corrected chi connectivity index (χ1v) is 8.09. The Morgan fingerprint density at radius 1 is 1.05 bits per heavy atom. The maximum Gasteiger partial charge on any atom is 0.191 e. The van der Waals surface area contributed by atoms with Crippen LogP contribution in [0.5, 0.6) is 0 Å². The van der Waals surface area contributed by atoms with Crippen LogP contribution in [0.4, 0.5) is 0 Å². The van der Waals surface area contributed by atoms with E-state index in [1.165, 1.54) is 37.9 Å². The minimum Gasteiger partial charge on any atom is -0.356 e. The second-order valence-electron chi connectivity index (χ2n) is 5.56. The van der Waals surface area contributed by atoms with Crippen molar-refractivity contribution in [2.45, 2.75) is 25.7 Å². The van der Waals surface area contributed by atoms with E-state index in [9.17, 15) is 0 Å². The third-order valence-corrected chi connectivity index (χ3v) is 3.94. The molecule has 0 spiro atoms. The maximum atomic E-state index is 4.28. The second-order valence-corrected chi connectivity index (χ2v) is 5.56. The molecule has 2 rings (SSSR count). The van der Waals surface area contributed by atoms with Gasteiger partial charge in [-0.1, -0.05) is 36.8 Å². The first-order valence-electron chi connectivity index (χ1n) is 8.09. The van der Waals surface area contributed by atoms with Crippen LogP contribution in [0.1, 0.15) is 24.8 Å². The topological polar surface area (TPSA) is 39.7 Å². The highest BCUT2D eigenvalue weighted by molar-refractivity contribution is 5.79. The van der Waals surface area contributed by atoms with Crippen LogP contribution < -0.4 is 10.6 Å². The Kier molecular flexibility index (Phi) is 7.08. The summed E-state index contributed by atoms with van der Waals surface area (Å²) in [6.07, 6.45) is 5.12. The molecule has 1 heterocycles. The van der Waals surface area contributed by atoms with E-state index in [1.54, 1.807) is 0 Å². The quantitative estimate of drug-likeness (QED) is 0.620. The fourth-order valence-electron chi connectivity index (χ4n) is 2.71. The minimum atomic E-state index is 0.906. The van der Waals surface area contributed by atoms with Gasteiger partial charge in [-0.05, 0) is 37.9 Å². The standard InChI is InChI=1S/C17H28N4/c1-18-17(19-11-10-16-8-4-2-5-9-16)20-12-15-21-13-6-3-7-14-21/h2,4-5,8-9H,3,6-7,10-15H2,1H3,(H2,18,19,20). The SMILES string of the molecule is CN=C(NCCc1ccccc1)NCCN1CCCCC1. The summed E-state index contributed by atoms with van der Waals surface area (Å²) in [6, 6.07) is 10.5. The van der Waals surface area contributed by atoms with Gasteiger partial charge in [0.2, 0.25) is 0 Å². The molecular weight excluding hydrogens is 260 g/mol. The van der Waals surface area contributed by atoms with Crippen molar-refractivity contribution >= 4 is 5.96 Å². The molecule has 4 nitrogen and oxygen atoms in total. The van der Waals surface area contributed by atoms with Gasteiger partial charge in [-0.15, -0.1) is 0 Å². The second kappa shape index (κ2) is 9.40. The molecule has 0 aromatic heterocycles. The fourth-order valence-corrected chi connectivity index (χ4v) is 2.71. The molecule has 0 saturated carbocycles. The zero-order valence-electron chi connectivity index (χ0n) is 13.1. The molecule has 4 heteroatoms. The van der Waals surface area contributed by atoms with Gasteiger partial charge >= 0.3 is 0 Å². The van der Waals surface area contributed by atoms with Crippen molar-refractivity contribution in [2.24, 2.45) is 4.99 Å². The Labute approximate surface area is 128 Å². The Balaban J connectivity index is 1.59. The zero-order valence-corrected chi connectivity index (χ0v) is 13.1. The van der Waals surface area contributed by atoms with Gasteiger partial charge in [-0.3, -0.25) is 4.99 Å². The maximum absolute atomic E-state index is 4.28. The highest BCUT2D eigenvalue weighted by atomic mass is 15.2. The number of benzene rings is 1. The van der Waals surface area contributed by atoms with E-state index in [-0.39, 0.29) is 0 Å². The summed E-state index contributed by atoms with van der Waals surface area (Å²) >= 11 is 0. The Bertz CT molecular complexity index is 410. The molecular formula is C17H28N4. The smallest absolute Gasteiger partial charge is 0.191 e. The number of piperidine rings is 1. The number of nitrogens with zero attached hydrogens (tertiary/aromatic N) is 2. The molecule has 21 heavy (non-hydrogen) atoms. The van der Waals surface area contributed by atoms with Crippen LogP contribution in [0.15, 0.2) is 35.3 Å². The van der Waals surface area contributed by atoms with Crippen molar-refractivity contribution in [3.8, 4) is 0 Å². The summed E-state index contributed by atoms with van der Waals surface area (Å²) in [5.41, 5.74) is 1.36. The number of aliphatic imine (C=N–C) groups is 1. The number of likely N-dealkylation sites (tertiary alicyclic amines) is 1. The Morgan fingerprint density at radius 2 is 1.76 bits per heavy atom. The Hall–Kier alpha value is -1.55. The summed E-state index contributed by atoms with van der Waals surface area (Å²) in [6.45, 7) is 5.49. The molecule has 0 aliphatic carbocycles. The third kappa shape index (κ3) is 6.17. The Morgan fingerprint density at radius 3 is 2.48 bits per heavy atom. The van der Waals surface area contributed by atoms with Crippen molar-refractivity contribution in [1.82, 2.24) is 15.5 Å². The van der Waals surface area contributed by atoms with Gasteiger partial charge in [0.15, 0.2) is 5.96 Å². The summed E-state index contributed by atoms with van der Waals surface area (Å²) < 4.78 is 0. The summed E-state index contributed by atoms with van der Waals surface area (Å²) in [5.74, 6) is 0.906. The summed E-state index contributed by atoms with van der Waals surface area (Å²) in [7, 11) is 1.83. The van der Waals surface area contributed by atoms with E-state index >= 15 is 0 Å². The van der Waals surface area contributed by atoms with E-state index in [2.05, 4.69) is 50.9 Å². The molecule has 1 aliphatic rings. The van der Waals surface area contributed by atoms with Crippen molar-refractivity contribution < 1.29 is 0 Å². The summed E-state index contributed by atoms with van der Waals surface area (Å²) in [4.78, 5) is 6.81. The predicted octanol–water partition coefficient (Wildman–Crippen LogP) is 1.88.